The highest BCUT2D eigenvalue weighted by molar-refractivity contribution is 5.81. The van der Waals surface area contributed by atoms with E-state index in [0.29, 0.717) is 13.2 Å². The Morgan fingerprint density at radius 1 is 1.25 bits per heavy atom. The van der Waals surface area contributed by atoms with Crippen LogP contribution in [0.5, 0.6) is 5.75 Å². The van der Waals surface area contributed by atoms with Gasteiger partial charge in [-0.3, -0.25) is 4.79 Å². The summed E-state index contributed by atoms with van der Waals surface area (Å²) < 4.78 is 5.69. The standard InChI is InChI=1S/C16H26N2O2/c1-11(2)15(17)16(19)18(5)6-7-20-14-9-12(3)8-13(4)10-14/h8-11,15H,6-7,17H2,1-5H3/t15-/m0/s1. The lowest BCUT2D eigenvalue weighted by atomic mass is 10.0. The van der Waals surface area contributed by atoms with Gasteiger partial charge in [0.25, 0.3) is 0 Å². The van der Waals surface area contributed by atoms with Gasteiger partial charge in [-0.25, -0.2) is 0 Å². The summed E-state index contributed by atoms with van der Waals surface area (Å²) in [5.41, 5.74) is 8.20. The first-order chi connectivity index (χ1) is 9.31. The number of carbonyl (C=O) groups excluding carboxylic acids is 1. The Bertz CT molecular complexity index is 438. The van der Waals surface area contributed by atoms with Crippen LogP contribution in [-0.4, -0.2) is 37.0 Å². The SMILES string of the molecule is Cc1cc(C)cc(OCCN(C)C(=O)[C@@H](N)C(C)C)c1. The third-order valence-corrected chi connectivity index (χ3v) is 3.27. The summed E-state index contributed by atoms with van der Waals surface area (Å²) in [7, 11) is 1.76. The van der Waals surface area contributed by atoms with E-state index in [0.717, 1.165) is 5.75 Å². The van der Waals surface area contributed by atoms with E-state index in [1.165, 1.54) is 11.1 Å². The quantitative estimate of drug-likeness (QED) is 0.867. The summed E-state index contributed by atoms with van der Waals surface area (Å²) in [6.07, 6.45) is 0. The van der Waals surface area contributed by atoms with E-state index in [9.17, 15) is 4.79 Å². The minimum Gasteiger partial charge on any atom is -0.492 e. The number of carbonyl (C=O) groups is 1. The molecule has 0 aliphatic rings. The third-order valence-electron chi connectivity index (χ3n) is 3.27. The Balaban J connectivity index is 2.45. The monoisotopic (exact) mass is 278 g/mol. The largest absolute Gasteiger partial charge is 0.492 e. The summed E-state index contributed by atoms with van der Waals surface area (Å²) in [6, 6.07) is 5.65. The lowest BCUT2D eigenvalue weighted by Crippen LogP contribution is -2.46. The van der Waals surface area contributed by atoms with Gasteiger partial charge in [0.15, 0.2) is 0 Å². The first-order valence-corrected chi connectivity index (χ1v) is 7.03. The van der Waals surface area contributed by atoms with Crippen LogP contribution in [0, 0.1) is 19.8 Å². The van der Waals surface area contributed by atoms with Gasteiger partial charge < -0.3 is 15.4 Å². The molecule has 0 saturated heterocycles. The van der Waals surface area contributed by atoms with Crippen molar-refractivity contribution < 1.29 is 9.53 Å². The van der Waals surface area contributed by atoms with Gasteiger partial charge in [-0.2, -0.15) is 0 Å². The molecule has 112 valence electrons. The van der Waals surface area contributed by atoms with Crippen LogP contribution < -0.4 is 10.5 Å². The second-order valence-electron chi connectivity index (χ2n) is 5.70. The lowest BCUT2D eigenvalue weighted by molar-refractivity contribution is -0.132. The molecule has 1 aromatic rings. The molecule has 0 spiro atoms. The number of amides is 1. The number of likely N-dealkylation sites (N-methyl/N-ethyl adjacent to an activating group) is 1. The maximum absolute atomic E-state index is 12.0. The van der Waals surface area contributed by atoms with E-state index in [4.69, 9.17) is 10.5 Å². The summed E-state index contributed by atoms with van der Waals surface area (Å²) in [4.78, 5) is 13.6. The summed E-state index contributed by atoms with van der Waals surface area (Å²) in [6.45, 7) is 8.97. The van der Waals surface area contributed by atoms with Gasteiger partial charge in [-0.1, -0.05) is 19.9 Å². The van der Waals surface area contributed by atoms with Crippen LogP contribution in [0.2, 0.25) is 0 Å². The Hall–Kier alpha value is -1.55. The molecule has 0 aliphatic carbocycles. The highest BCUT2D eigenvalue weighted by Crippen LogP contribution is 2.16. The van der Waals surface area contributed by atoms with Gasteiger partial charge >= 0.3 is 0 Å². The van der Waals surface area contributed by atoms with E-state index >= 15 is 0 Å². The number of nitrogens with zero attached hydrogens (tertiary/aromatic N) is 1. The van der Waals surface area contributed by atoms with Crippen LogP contribution in [0.4, 0.5) is 0 Å². The molecule has 0 unspecified atom stereocenters. The van der Waals surface area contributed by atoms with Crippen LogP contribution in [0.15, 0.2) is 18.2 Å². The normalized spacial score (nSPS) is 12.3. The van der Waals surface area contributed by atoms with Crippen LogP contribution in [0.25, 0.3) is 0 Å². The molecule has 0 aromatic heterocycles. The number of hydrogen-bond donors (Lipinski definition) is 1. The van der Waals surface area contributed by atoms with E-state index in [2.05, 4.69) is 6.07 Å². The second-order valence-corrected chi connectivity index (χ2v) is 5.70. The van der Waals surface area contributed by atoms with Gasteiger partial charge in [0.2, 0.25) is 5.91 Å². The number of nitrogens with two attached hydrogens (primary N) is 1. The van der Waals surface area contributed by atoms with Crippen LogP contribution in [-0.2, 0) is 4.79 Å². The van der Waals surface area contributed by atoms with Crippen molar-refractivity contribution in [1.82, 2.24) is 4.90 Å². The summed E-state index contributed by atoms with van der Waals surface area (Å²) in [5.74, 6) is 0.950. The fourth-order valence-corrected chi connectivity index (χ4v) is 1.97. The van der Waals surface area contributed by atoms with Crippen molar-refractivity contribution in [2.45, 2.75) is 33.7 Å². The van der Waals surface area contributed by atoms with Crippen LogP contribution in [0.3, 0.4) is 0 Å². The highest BCUT2D eigenvalue weighted by Gasteiger charge is 2.20. The Labute approximate surface area is 121 Å². The van der Waals surface area contributed by atoms with Crippen molar-refractivity contribution in [3.8, 4) is 5.75 Å². The summed E-state index contributed by atoms with van der Waals surface area (Å²) in [5, 5.41) is 0. The van der Waals surface area contributed by atoms with Gasteiger partial charge in [0.05, 0.1) is 12.6 Å². The Morgan fingerprint density at radius 3 is 2.30 bits per heavy atom. The minimum atomic E-state index is -0.443. The van der Waals surface area contributed by atoms with Crippen molar-refractivity contribution in [2.24, 2.45) is 11.7 Å². The predicted octanol–water partition coefficient (Wildman–Crippen LogP) is 2.12. The zero-order valence-electron chi connectivity index (χ0n) is 13.1. The van der Waals surface area contributed by atoms with Crippen molar-refractivity contribution in [3.05, 3.63) is 29.3 Å². The molecule has 1 aromatic carbocycles. The molecule has 1 rings (SSSR count). The Kier molecular flexibility index (Phi) is 6.02. The van der Waals surface area contributed by atoms with Gasteiger partial charge in [0.1, 0.15) is 12.4 Å². The van der Waals surface area contributed by atoms with Crippen molar-refractivity contribution in [1.29, 1.82) is 0 Å². The molecule has 4 nitrogen and oxygen atoms in total. The number of rotatable bonds is 6. The molecule has 0 aliphatic heterocycles. The van der Waals surface area contributed by atoms with Gasteiger partial charge in [-0.15, -0.1) is 0 Å². The van der Waals surface area contributed by atoms with E-state index in [-0.39, 0.29) is 11.8 Å². The maximum atomic E-state index is 12.0. The van der Waals surface area contributed by atoms with E-state index in [1.54, 1.807) is 11.9 Å². The fourth-order valence-electron chi connectivity index (χ4n) is 1.97. The predicted molar refractivity (Wildman–Crippen MR) is 81.9 cm³/mol. The second kappa shape index (κ2) is 7.29. The fraction of sp³-hybridized carbons (Fsp3) is 0.562. The lowest BCUT2D eigenvalue weighted by Gasteiger charge is -2.23. The molecule has 0 heterocycles. The van der Waals surface area contributed by atoms with Crippen molar-refractivity contribution in [2.75, 3.05) is 20.2 Å². The average Bonchev–Trinajstić information content (AvgIpc) is 2.35. The zero-order chi connectivity index (χ0) is 15.3. The molecule has 0 fully saturated rings. The van der Waals surface area contributed by atoms with Gasteiger partial charge in [-0.05, 0) is 43.0 Å². The first kappa shape index (κ1) is 16.5. The number of hydrogen-bond acceptors (Lipinski definition) is 3. The minimum absolute atomic E-state index is 0.0379. The van der Waals surface area contributed by atoms with E-state index < -0.39 is 6.04 Å². The molecule has 4 heteroatoms. The molecule has 1 atom stereocenters. The third kappa shape index (κ3) is 4.85. The molecule has 2 N–H and O–H groups in total. The molecule has 0 bridgehead atoms. The molecular weight excluding hydrogens is 252 g/mol. The number of benzene rings is 1. The highest BCUT2D eigenvalue weighted by atomic mass is 16.5. The smallest absolute Gasteiger partial charge is 0.239 e. The zero-order valence-corrected chi connectivity index (χ0v) is 13.1. The van der Waals surface area contributed by atoms with Crippen LogP contribution >= 0.6 is 0 Å². The average molecular weight is 278 g/mol. The summed E-state index contributed by atoms with van der Waals surface area (Å²) >= 11 is 0. The topological polar surface area (TPSA) is 55.6 Å². The van der Waals surface area contributed by atoms with Crippen molar-refractivity contribution >= 4 is 5.91 Å². The first-order valence-electron chi connectivity index (χ1n) is 7.03. The molecule has 1 amide bonds. The van der Waals surface area contributed by atoms with Gasteiger partial charge in [0, 0.05) is 7.05 Å². The van der Waals surface area contributed by atoms with E-state index in [1.807, 2.05) is 39.8 Å². The molecule has 20 heavy (non-hydrogen) atoms. The number of aryl methyl sites for hydroxylation is 2. The molecule has 0 saturated carbocycles. The maximum Gasteiger partial charge on any atom is 0.239 e. The number of ether oxygens (including phenoxy) is 1. The van der Waals surface area contributed by atoms with Crippen LogP contribution in [0.1, 0.15) is 25.0 Å². The molecular formula is C16H26N2O2. The van der Waals surface area contributed by atoms with Crippen molar-refractivity contribution in [3.63, 3.8) is 0 Å². The molecule has 0 radical (unpaired) electrons. The Morgan fingerprint density at radius 2 is 1.80 bits per heavy atom.